The van der Waals surface area contributed by atoms with E-state index < -0.39 is 5.60 Å². The van der Waals surface area contributed by atoms with E-state index in [-0.39, 0.29) is 24.2 Å². The van der Waals surface area contributed by atoms with Crippen LogP contribution in [0.2, 0.25) is 0 Å². The summed E-state index contributed by atoms with van der Waals surface area (Å²) in [6.45, 7) is 3.67. The van der Waals surface area contributed by atoms with Crippen LogP contribution in [0.15, 0.2) is 12.2 Å². The Morgan fingerprint density at radius 1 is 1.24 bits per heavy atom. The summed E-state index contributed by atoms with van der Waals surface area (Å²) in [6.07, 6.45) is 13.2. The molecule has 0 aromatic carbocycles. The molecule has 0 bridgehead atoms. The van der Waals surface area contributed by atoms with E-state index in [0.717, 1.165) is 51.4 Å². The summed E-state index contributed by atoms with van der Waals surface area (Å²) in [5.41, 5.74) is -1.25. The molecule has 0 aromatic rings. The van der Waals surface area contributed by atoms with Gasteiger partial charge in [0.2, 0.25) is 0 Å². The fraction of sp³-hybridized carbons (Fsp3) is 0.810. The molecule has 0 heterocycles. The summed E-state index contributed by atoms with van der Waals surface area (Å²) < 4.78 is 0. The highest BCUT2D eigenvalue weighted by atomic mass is 16.3. The highest BCUT2D eigenvalue weighted by Crippen LogP contribution is 2.34. The molecule has 1 aliphatic rings. The standard InChI is InChI=1S/C21H36O4/c1-3-14-21(25,17(2)23)15-9-10-18-12-13-20(24)19(18)11-7-5-4-6-8-16-22/h9-10,18-19,22,25H,3-8,11-16H2,1-2H3/t18-,19+,21?/m0/s1. The van der Waals surface area contributed by atoms with Crippen molar-refractivity contribution < 1.29 is 19.8 Å². The molecule has 0 saturated heterocycles. The van der Waals surface area contributed by atoms with Gasteiger partial charge in [-0.2, -0.15) is 0 Å². The quantitative estimate of drug-likeness (QED) is 0.388. The van der Waals surface area contributed by atoms with Gasteiger partial charge in [0.15, 0.2) is 5.78 Å². The van der Waals surface area contributed by atoms with Gasteiger partial charge >= 0.3 is 0 Å². The molecule has 0 spiro atoms. The summed E-state index contributed by atoms with van der Waals surface area (Å²) >= 11 is 0. The van der Waals surface area contributed by atoms with E-state index in [4.69, 9.17) is 5.11 Å². The van der Waals surface area contributed by atoms with Crippen LogP contribution in [0.4, 0.5) is 0 Å². The third kappa shape index (κ3) is 7.41. The molecule has 3 atom stereocenters. The van der Waals surface area contributed by atoms with Crippen LogP contribution >= 0.6 is 0 Å². The molecule has 25 heavy (non-hydrogen) atoms. The van der Waals surface area contributed by atoms with Crippen molar-refractivity contribution >= 4 is 11.6 Å². The van der Waals surface area contributed by atoms with E-state index in [0.29, 0.717) is 25.0 Å². The zero-order valence-corrected chi connectivity index (χ0v) is 16.0. The summed E-state index contributed by atoms with van der Waals surface area (Å²) in [4.78, 5) is 23.8. The predicted octanol–water partition coefficient (Wildman–Crippen LogP) is 3.98. The first-order valence-corrected chi connectivity index (χ1v) is 9.98. The van der Waals surface area contributed by atoms with Crippen molar-refractivity contribution in [2.45, 2.75) is 90.1 Å². The van der Waals surface area contributed by atoms with Crippen molar-refractivity contribution in [3.63, 3.8) is 0 Å². The van der Waals surface area contributed by atoms with Crippen molar-refractivity contribution in [1.29, 1.82) is 0 Å². The number of ketones is 2. The van der Waals surface area contributed by atoms with E-state index >= 15 is 0 Å². The second-order valence-corrected chi connectivity index (χ2v) is 7.53. The smallest absolute Gasteiger partial charge is 0.161 e. The molecule has 0 aromatic heterocycles. The summed E-state index contributed by atoms with van der Waals surface area (Å²) in [6, 6.07) is 0. The highest BCUT2D eigenvalue weighted by molar-refractivity contribution is 5.85. The van der Waals surface area contributed by atoms with Crippen LogP contribution in [-0.4, -0.2) is 34.0 Å². The summed E-state index contributed by atoms with van der Waals surface area (Å²) in [5, 5.41) is 19.2. The number of Topliss-reactive ketones (excluding diaryl/α,β-unsaturated/α-hetero) is 2. The number of aliphatic hydroxyl groups is 2. The molecule has 2 N–H and O–H groups in total. The van der Waals surface area contributed by atoms with Crippen molar-refractivity contribution in [3.8, 4) is 0 Å². The largest absolute Gasteiger partial charge is 0.396 e. The van der Waals surface area contributed by atoms with Gasteiger partial charge in [-0.3, -0.25) is 9.59 Å². The first-order valence-electron chi connectivity index (χ1n) is 9.98. The summed E-state index contributed by atoms with van der Waals surface area (Å²) in [5.74, 6) is 0.537. The second-order valence-electron chi connectivity index (χ2n) is 7.53. The zero-order valence-electron chi connectivity index (χ0n) is 16.0. The average molecular weight is 353 g/mol. The molecule has 144 valence electrons. The molecule has 0 aliphatic heterocycles. The lowest BCUT2D eigenvalue weighted by Gasteiger charge is -2.23. The Balaban J connectivity index is 2.47. The Bertz CT molecular complexity index is 443. The molecule has 1 unspecified atom stereocenters. The van der Waals surface area contributed by atoms with Gasteiger partial charge in [0, 0.05) is 25.4 Å². The number of rotatable bonds is 13. The molecular formula is C21H36O4. The van der Waals surface area contributed by atoms with Crippen LogP contribution < -0.4 is 0 Å². The minimum absolute atomic E-state index is 0.102. The molecular weight excluding hydrogens is 316 g/mol. The zero-order chi connectivity index (χ0) is 18.7. The molecule has 0 radical (unpaired) electrons. The van der Waals surface area contributed by atoms with E-state index in [1.165, 1.54) is 6.92 Å². The molecule has 1 aliphatic carbocycles. The summed E-state index contributed by atoms with van der Waals surface area (Å²) in [7, 11) is 0. The number of carbonyl (C=O) groups is 2. The Morgan fingerprint density at radius 2 is 1.92 bits per heavy atom. The van der Waals surface area contributed by atoms with Gasteiger partial charge in [-0.15, -0.1) is 0 Å². The Labute approximate surface area is 152 Å². The van der Waals surface area contributed by atoms with Crippen LogP contribution in [0, 0.1) is 11.8 Å². The Hall–Kier alpha value is -1.00. The van der Waals surface area contributed by atoms with Gasteiger partial charge in [0.25, 0.3) is 0 Å². The van der Waals surface area contributed by atoms with Gasteiger partial charge in [0.1, 0.15) is 11.4 Å². The number of carbonyl (C=O) groups excluding carboxylic acids is 2. The van der Waals surface area contributed by atoms with E-state index in [2.05, 4.69) is 6.08 Å². The van der Waals surface area contributed by atoms with Crippen molar-refractivity contribution in [3.05, 3.63) is 12.2 Å². The van der Waals surface area contributed by atoms with Gasteiger partial charge in [-0.05, 0) is 38.5 Å². The topological polar surface area (TPSA) is 74.6 Å². The van der Waals surface area contributed by atoms with Crippen molar-refractivity contribution in [2.24, 2.45) is 11.8 Å². The maximum atomic E-state index is 12.2. The second kappa shape index (κ2) is 11.6. The van der Waals surface area contributed by atoms with Crippen LogP contribution in [0.5, 0.6) is 0 Å². The van der Waals surface area contributed by atoms with Gasteiger partial charge < -0.3 is 10.2 Å². The van der Waals surface area contributed by atoms with E-state index in [9.17, 15) is 14.7 Å². The van der Waals surface area contributed by atoms with Crippen molar-refractivity contribution in [2.75, 3.05) is 6.61 Å². The number of unbranched alkanes of at least 4 members (excludes halogenated alkanes) is 4. The lowest BCUT2D eigenvalue weighted by Crippen LogP contribution is -2.36. The van der Waals surface area contributed by atoms with E-state index in [1.54, 1.807) is 0 Å². The Morgan fingerprint density at radius 3 is 2.56 bits per heavy atom. The third-order valence-electron chi connectivity index (χ3n) is 5.49. The number of hydrogen-bond acceptors (Lipinski definition) is 4. The molecule has 4 nitrogen and oxygen atoms in total. The van der Waals surface area contributed by atoms with Gasteiger partial charge in [-0.25, -0.2) is 0 Å². The number of hydrogen-bond donors (Lipinski definition) is 2. The monoisotopic (exact) mass is 352 g/mol. The SMILES string of the molecule is CCCC(O)(CC=C[C@H]1CCC(=O)[C@@H]1CCCCCCCO)C(C)=O. The normalized spacial score (nSPS) is 23.3. The first kappa shape index (κ1) is 22.0. The lowest BCUT2D eigenvalue weighted by molar-refractivity contribution is -0.135. The predicted molar refractivity (Wildman–Crippen MR) is 100 cm³/mol. The van der Waals surface area contributed by atoms with Gasteiger partial charge in [-0.1, -0.05) is 51.2 Å². The average Bonchev–Trinajstić information content (AvgIpc) is 2.91. The molecule has 1 saturated carbocycles. The molecule has 1 rings (SSSR count). The van der Waals surface area contributed by atoms with Gasteiger partial charge in [0.05, 0.1) is 0 Å². The van der Waals surface area contributed by atoms with Crippen LogP contribution in [-0.2, 0) is 9.59 Å². The first-order chi connectivity index (χ1) is 11.9. The fourth-order valence-corrected chi connectivity index (χ4v) is 3.82. The Kier molecular flexibility index (Phi) is 10.2. The van der Waals surface area contributed by atoms with Crippen LogP contribution in [0.25, 0.3) is 0 Å². The maximum Gasteiger partial charge on any atom is 0.161 e. The van der Waals surface area contributed by atoms with Crippen LogP contribution in [0.3, 0.4) is 0 Å². The molecule has 1 fully saturated rings. The number of aliphatic hydroxyl groups excluding tert-OH is 1. The molecule has 0 amide bonds. The minimum atomic E-state index is -1.25. The van der Waals surface area contributed by atoms with Crippen molar-refractivity contribution in [1.82, 2.24) is 0 Å². The van der Waals surface area contributed by atoms with Crippen LogP contribution in [0.1, 0.15) is 84.5 Å². The number of allylic oxidation sites excluding steroid dienone is 1. The lowest BCUT2D eigenvalue weighted by atomic mass is 9.87. The highest BCUT2D eigenvalue weighted by Gasteiger charge is 2.33. The minimum Gasteiger partial charge on any atom is -0.396 e. The third-order valence-corrected chi connectivity index (χ3v) is 5.49. The maximum absolute atomic E-state index is 12.2. The van der Waals surface area contributed by atoms with E-state index in [1.807, 2.05) is 13.0 Å². The molecule has 4 heteroatoms. The fourth-order valence-electron chi connectivity index (χ4n) is 3.82.